The minimum Gasteiger partial charge on any atom is -0.481 e. The normalized spacial score (nSPS) is 9.88. The summed E-state index contributed by atoms with van der Waals surface area (Å²) in [6.07, 6.45) is 2.58. The van der Waals surface area contributed by atoms with Gasteiger partial charge in [0.25, 0.3) is 0 Å². The van der Waals surface area contributed by atoms with E-state index in [4.69, 9.17) is 4.74 Å². The zero-order valence-electron chi connectivity index (χ0n) is 9.62. The summed E-state index contributed by atoms with van der Waals surface area (Å²) in [5.41, 5.74) is 0.670. The first kappa shape index (κ1) is 12.4. The molecule has 0 spiro atoms. The van der Waals surface area contributed by atoms with E-state index in [2.05, 4.69) is 22.5 Å². The number of aromatic nitrogens is 1. The van der Waals surface area contributed by atoms with E-state index in [1.54, 1.807) is 25.4 Å². The Kier molecular flexibility index (Phi) is 5.28. The predicted molar refractivity (Wildman–Crippen MR) is 62.6 cm³/mol. The monoisotopic (exact) mass is 223 g/mol. The number of carbonyl (C=O) groups is 1. The third-order valence-electron chi connectivity index (χ3n) is 1.94. The van der Waals surface area contributed by atoms with Gasteiger partial charge in [0.15, 0.2) is 0 Å². The van der Waals surface area contributed by atoms with Crippen molar-refractivity contribution in [3.63, 3.8) is 0 Å². The number of rotatable bonds is 6. The average molecular weight is 223 g/mol. The average Bonchev–Trinajstić information content (AvgIpc) is 2.30. The SMILES string of the molecule is CCCNCC(=O)Nc1ccc(OC)nc1. The van der Waals surface area contributed by atoms with Crippen LogP contribution in [0.25, 0.3) is 0 Å². The number of nitrogens with one attached hydrogen (secondary N) is 2. The third-order valence-corrected chi connectivity index (χ3v) is 1.94. The molecule has 0 aliphatic rings. The van der Waals surface area contributed by atoms with Crippen molar-refractivity contribution in [2.24, 2.45) is 0 Å². The highest BCUT2D eigenvalue weighted by Crippen LogP contribution is 2.10. The molecule has 0 fully saturated rings. The minimum absolute atomic E-state index is 0.0691. The number of nitrogens with zero attached hydrogens (tertiary/aromatic N) is 1. The van der Waals surface area contributed by atoms with Gasteiger partial charge in [0.1, 0.15) is 0 Å². The molecule has 0 saturated heterocycles. The van der Waals surface area contributed by atoms with Crippen LogP contribution in [0.4, 0.5) is 5.69 Å². The fourth-order valence-corrected chi connectivity index (χ4v) is 1.16. The Bertz CT molecular complexity index is 325. The number of hydrogen-bond acceptors (Lipinski definition) is 4. The smallest absolute Gasteiger partial charge is 0.238 e. The molecule has 2 N–H and O–H groups in total. The van der Waals surface area contributed by atoms with Crippen LogP contribution in [0.2, 0.25) is 0 Å². The molecule has 5 nitrogen and oxygen atoms in total. The lowest BCUT2D eigenvalue weighted by Gasteiger charge is -2.06. The van der Waals surface area contributed by atoms with Crippen molar-refractivity contribution in [2.75, 3.05) is 25.5 Å². The van der Waals surface area contributed by atoms with E-state index in [0.29, 0.717) is 18.1 Å². The Morgan fingerprint density at radius 1 is 1.50 bits per heavy atom. The Hall–Kier alpha value is -1.62. The van der Waals surface area contributed by atoms with Gasteiger partial charge in [-0.2, -0.15) is 0 Å². The van der Waals surface area contributed by atoms with Gasteiger partial charge in [0, 0.05) is 6.07 Å². The molecule has 16 heavy (non-hydrogen) atoms. The molecule has 1 aromatic heterocycles. The van der Waals surface area contributed by atoms with E-state index < -0.39 is 0 Å². The fourth-order valence-electron chi connectivity index (χ4n) is 1.16. The standard InChI is InChI=1S/C11H17N3O2/c1-3-6-12-8-10(15)14-9-4-5-11(16-2)13-7-9/h4-5,7,12H,3,6,8H2,1-2H3,(H,14,15). The number of hydrogen-bond donors (Lipinski definition) is 2. The zero-order chi connectivity index (χ0) is 11.8. The Balaban J connectivity index is 2.37. The first-order valence-corrected chi connectivity index (χ1v) is 5.27. The summed E-state index contributed by atoms with van der Waals surface area (Å²) in [4.78, 5) is 15.4. The third kappa shape index (κ3) is 4.27. The topological polar surface area (TPSA) is 63.2 Å². The van der Waals surface area contributed by atoms with Crippen LogP contribution < -0.4 is 15.4 Å². The first-order chi connectivity index (χ1) is 7.76. The molecule has 0 aromatic carbocycles. The van der Waals surface area contributed by atoms with Crippen molar-refractivity contribution >= 4 is 11.6 Å². The molecule has 88 valence electrons. The molecular weight excluding hydrogens is 206 g/mol. The Labute approximate surface area is 95.2 Å². The summed E-state index contributed by atoms with van der Waals surface area (Å²) < 4.78 is 4.92. The van der Waals surface area contributed by atoms with Gasteiger partial charge in [-0.25, -0.2) is 4.98 Å². The van der Waals surface area contributed by atoms with Crippen LogP contribution in [0, 0.1) is 0 Å². The van der Waals surface area contributed by atoms with E-state index in [0.717, 1.165) is 13.0 Å². The molecule has 1 rings (SSSR count). The van der Waals surface area contributed by atoms with E-state index in [9.17, 15) is 4.79 Å². The Morgan fingerprint density at radius 2 is 2.31 bits per heavy atom. The van der Waals surface area contributed by atoms with Crippen LogP contribution in [0.15, 0.2) is 18.3 Å². The maximum absolute atomic E-state index is 11.4. The fraction of sp³-hybridized carbons (Fsp3) is 0.455. The first-order valence-electron chi connectivity index (χ1n) is 5.27. The molecule has 0 atom stereocenters. The van der Waals surface area contributed by atoms with E-state index >= 15 is 0 Å². The van der Waals surface area contributed by atoms with Crippen molar-refractivity contribution < 1.29 is 9.53 Å². The van der Waals surface area contributed by atoms with Crippen molar-refractivity contribution in [3.8, 4) is 5.88 Å². The van der Waals surface area contributed by atoms with Gasteiger partial charge in [0.2, 0.25) is 11.8 Å². The minimum atomic E-state index is -0.0691. The van der Waals surface area contributed by atoms with Gasteiger partial charge in [0.05, 0.1) is 25.5 Å². The zero-order valence-corrected chi connectivity index (χ0v) is 9.62. The van der Waals surface area contributed by atoms with Gasteiger partial charge in [-0.15, -0.1) is 0 Å². The summed E-state index contributed by atoms with van der Waals surface area (Å²) in [6, 6.07) is 3.46. The molecule has 0 bridgehead atoms. The van der Waals surface area contributed by atoms with Crippen LogP contribution in [-0.4, -0.2) is 31.1 Å². The van der Waals surface area contributed by atoms with Crippen molar-refractivity contribution in [3.05, 3.63) is 18.3 Å². The number of pyridine rings is 1. The molecule has 0 saturated carbocycles. The van der Waals surface area contributed by atoms with Crippen LogP contribution >= 0.6 is 0 Å². The number of carbonyl (C=O) groups excluding carboxylic acids is 1. The highest BCUT2D eigenvalue weighted by Gasteiger charge is 2.01. The van der Waals surface area contributed by atoms with Gasteiger partial charge in [-0.3, -0.25) is 4.79 Å². The largest absolute Gasteiger partial charge is 0.481 e. The summed E-state index contributed by atoms with van der Waals surface area (Å²) in [5.74, 6) is 0.461. The van der Waals surface area contributed by atoms with Crippen molar-refractivity contribution in [2.45, 2.75) is 13.3 Å². The molecule has 0 unspecified atom stereocenters. The number of amides is 1. The Morgan fingerprint density at radius 3 is 2.88 bits per heavy atom. The number of anilines is 1. The summed E-state index contributed by atoms with van der Waals surface area (Å²) in [5, 5.41) is 5.75. The van der Waals surface area contributed by atoms with Gasteiger partial charge < -0.3 is 15.4 Å². The lowest BCUT2D eigenvalue weighted by atomic mass is 10.4. The maximum atomic E-state index is 11.4. The van der Waals surface area contributed by atoms with Crippen LogP contribution in [-0.2, 0) is 4.79 Å². The van der Waals surface area contributed by atoms with Gasteiger partial charge in [-0.05, 0) is 19.0 Å². The van der Waals surface area contributed by atoms with Gasteiger partial charge >= 0.3 is 0 Å². The second-order valence-corrected chi connectivity index (χ2v) is 3.31. The van der Waals surface area contributed by atoms with E-state index in [1.807, 2.05) is 0 Å². The summed E-state index contributed by atoms with van der Waals surface area (Å²) in [6.45, 7) is 3.21. The molecule has 1 amide bonds. The highest BCUT2D eigenvalue weighted by molar-refractivity contribution is 5.92. The predicted octanol–water partition coefficient (Wildman–Crippen LogP) is 1.03. The van der Waals surface area contributed by atoms with Crippen LogP contribution in [0.1, 0.15) is 13.3 Å². The lowest BCUT2D eigenvalue weighted by Crippen LogP contribution is -2.28. The lowest BCUT2D eigenvalue weighted by molar-refractivity contribution is -0.115. The van der Waals surface area contributed by atoms with E-state index in [-0.39, 0.29) is 5.91 Å². The van der Waals surface area contributed by atoms with Crippen molar-refractivity contribution in [1.82, 2.24) is 10.3 Å². The molecule has 5 heteroatoms. The number of ether oxygens (including phenoxy) is 1. The summed E-state index contributed by atoms with van der Waals surface area (Å²) in [7, 11) is 1.55. The quantitative estimate of drug-likeness (QED) is 0.707. The second-order valence-electron chi connectivity index (χ2n) is 3.31. The molecule has 0 radical (unpaired) electrons. The van der Waals surface area contributed by atoms with Crippen molar-refractivity contribution in [1.29, 1.82) is 0 Å². The maximum Gasteiger partial charge on any atom is 0.238 e. The summed E-state index contributed by atoms with van der Waals surface area (Å²) >= 11 is 0. The van der Waals surface area contributed by atoms with E-state index in [1.165, 1.54) is 0 Å². The van der Waals surface area contributed by atoms with Gasteiger partial charge in [-0.1, -0.05) is 6.92 Å². The second kappa shape index (κ2) is 6.79. The molecule has 1 heterocycles. The van der Waals surface area contributed by atoms with Crippen LogP contribution in [0.3, 0.4) is 0 Å². The highest BCUT2D eigenvalue weighted by atomic mass is 16.5. The van der Waals surface area contributed by atoms with Crippen LogP contribution in [0.5, 0.6) is 5.88 Å². The number of methoxy groups -OCH3 is 1. The molecular formula is C11H17N3O2. The molecule has 0 aliphatic carbocycles. The molecule has 1 aromatic rings. The molecule has 0 aliphatic heterocycles.